The summed E-state index contributed by atoms with van der Waals surface area (Å²) in [7, 11) is 2.91. The Kier molecular flexibility index (Phi) is 5.49. The Hall–Kier alpha value is -0.740. The molecule has 0 aromatic carbocycles. The van der Waals surface area contributed by atoms with Crippen molar-refractivity contribution in [2.45, 2.75) is 26.1 Å². The summed E-state index contributed by atoms with van der Waals surface area (Å²) in [5, 5.41) is 0. The van der Waals surface area contributed by atoms with Crippen molar-refractivity contribution < 1.29 is 19.1 Å². The van der Waals surface area contributed by atoms with Crippen molar-refractivity contribution >= 4 is 11.6 Å². The van der Waals surface area contributed by atoms with E-state index in [4.69, 9.17) is 9.47 Å². The van der Waals surface area contributed by atoms with Gasteiger partial charge in [0.05, 0.1) is 12.8 Å². The highest BCUT2D eigenvalue weighted by Gasteiger charge is 2.12. The van der Waals surface area contributed by atoms with E-state index in [2.05, 4.69) is 0 Å². The van der Waals surface area contributed by atoms with E-state index in [-0.39, 0.29) is 24.4 Å². The topological polar surface area (TPSA) is 52.6 Å². The molecule has 0 spiro atoms. The number of Topliss-reactive ketones (excluding diaryl/α,β-unsaturated/α-hetero) is 2. The third kappa shape index (κ3) is 4.98. The molecule has 0 aliphatic rings. The number of ether oxygens (including phenoxy) is 2. The molecular formula is C8H14O4. The number of hydrogen-bond donors (Lipinski definition) is 0. The van der Waals surface area contributed by atoms with Crippen molar-refractivity contribution in [1.29, 1.82) is 0 Å². The first-order valence-electron chi connectivity index (χ1n) is 3.67. The van der Waals surface area contributed by atoms with Gasteiger partial charge in [0, 0.05) is 14.2 Å². The first kappa shape index (κ1) is 11.3. The molecule has 4 heteroatoms. The van der Waals surface area contributed by atoms with E-state index in [9.17, 15) is 9.59 Å². The minimum Gasteiger partial charge on any atom is -0.355 e. The first-order chi connectivity index (χ1) is 5.60. The van der Waals surface area contributed by atoms with Crippen LogP contribution in [0.15, 0.2) is 0 Å². The third-order valence-electron chi connectivity index (χ3n) is 1.37. The zero-order valence-electron chi connectivity index (χ0n) is 7.62. The zero-order valence-corrected chi connectivity index (χ0v) is 7.62. The number of rotatable bonds is 6. The Morgan fingerprint density at radius 3 is 2.08 bits per heavy atom. The van der Waals surface area contributed by atoms with Crippen molar-refractivity contribution in [3.63, 3.8) is 0 Å². The van der Waals surface area contributed by atoms with Gasteiger partial charge < -0.3 is 9.47 Å². The molecule has 0 aromatic heterocycles. The molecule has 0 aliphatic carbocycles. The summed E-state index contributed by atoms with van der Waals surface area (Å²) in [6, 6.07) is 0. The highest BCUT2D eigenvalue weighted by Crippen LogP contribution is 2.01. The van der Waals surface area contributed by atoms with Gasteiger partial charge in [0.1, 0.15) is 11.6 Å². The van der Waals surface area contributed by atoms with Crippen LogP contribution in [0.25, 0.3) is 0 Å². The Balaban J connectivity index is 3.74. The summed E-state index contributed by atoms with van der Waals surface area (Å²) in [6.07, 6.45) is -0.438. The van der Waals surface area contributed by atoms with E-state index in [0.717, 1.165) is 0 Å². The van der Waals surface area contributed by atoms with Gasteiger partial charge in [-0.25, -0.2) is 0 Å². The summed E-state index contributed by atoms with van der Waals surface area (Å²) in [6.45, 7) is 1.38. The average molecular weight is 174 g/mol. The van der Waals surface area contributed by atoms with Crippen molar-refractivity contribution in [2.24, 2.45) is 0 Å². The molecule has 0 heterocycles. The highest BCUT2D eigenvalue weighted by atomic mass is 16.7. The Morgan fingerprint density at radius 1 is 1.25 bits per heavy atom. The zero-order chi connectivity index (χ0) is 9.56. The number of ketones is 2. The second-order valence-electron chi connectivity index (χ2n) is 2.52. The fourth-order valence-electron chi connectivity index (χ4n) is 0.799. The third-order valence-corrected chi connectivity index (χ3v) is 1.37. The van der Waals surface area contributed by atoms with E-state index >= 15 is 0 Å². The van der Waals surface area contributed by atoms with E-state index in [1.807, 2.05) is 0 Å². The summed E-state index contributed by atoms with van der Waals surface area (Å²) in [5.74, 6) is -0.290. The number of carbonyl (C=O) groups is 2. The van der Waals surface area contributed by atoms with Gasteiger partial charge >= 0.3 is 0 Å². The van der Waals surface area contributed by atoms with Gasteiger partial charge in [0.25, 0.3) is 0 Å². The quantitative estimate of drug-likeness (QED) is 0.435. The van der Waals surface area contributed by atoms with E-state index in [0.29, 0.717) is 0 Å². The highest BCUT2D eigenvalue weighted by molar-refractivity contribution is 5.97. The second kappa shape index (κ2) is 5.85. The number of hydrogen-bond acceptors (Lipinski definition) is 4. The lowest BCUT2D eigenvalue weighted by molar-refractivity contribution is -0.139. The van der Waals surface area contributed by atoms with Crippen LogP contribution in [0, 0.1) is 0 Å². The standard InChI is InChI=1S/C8H14O4/c1-6(9)4-7(10)5-8(11-2)12-3/h8H,4-5H2,1-3H3. The van der Waals surface area contributed by atoms with Crippen molar-refractivity contribution in [2.75, 3.05) is 14.2 Å². The Bertz CT molecular complexity index is 160. The van der Waals surface area contributed by atoms with Crippen molar-refractivity contribution in [3.05, 3.63) is 0 Å². The van der Waals surface area contributed by atoms with Gasteiger partial charge in [-0.15, -0.1) is 0 Å². The van der Waals surface area contributed by atoms with Crippen LogP contribution in [-0.2, 0) is 19.1 Å². The molecule has 0 N–H and O–H groups in total. The maximum Gasteiger partial charge on any atom is 0.163 e. The summed E-state index contributed by atoms with van der Waals surface area (Å²) < 4.78 is 9.59. The van der Waals surface area contributed by atoms with Crippen molar-refractivity contribution in [3.8, 4) is 0 Å². The molecule has 0 saturated heterocycles. The van der Waals surface area contributed by atoms with Gasteiger partial charge in [0.2, 0.25) is 0 Å². The van der Waals surface area contributed by atoms with Gasteiger partial charge in [-0.1, -0.05) is 0 Å². The molecule has 0 aromatic rings. The van der Waals surface area contributed by atoms with Crippen LogP contribution < -0.4 is 0 Å². The van der Waals surface area contributed by atoms with Crippen LogP contribution in [0.1, 0.15) is 19.8 Å². The molecule has 0 bridgehead atoms. The molecule has 0 aliphatic heterocycles. The smallest absolute Gasteiger partial charge is 0.163 e. The molecule has 0 amide bonds. The minimum atomic E-state index is -0.531. The van der Waals surface area contributed by atoms with Crippen LogP contribution >= 0.6 is 0 Å². The number of methoxy groups -OCH3 is 2. The lowest BCUT2D eigenvalue weighted by atomic mass is 10.1. The lowest BCUT2D eigenvalue weighted by Crippen LogP contribution is -2.19. The predicted octanol–water partition coefficient (Wildman–Crippen LogP) is 0.544. The van der Waals surface area contributed by atoms with Crippen LogP contribution in [0.5, 0.6) is 0 Å². The molecule has 12 heavy (non-hydrogen) atoms. The van der Waals surface area contributed by atoms with E-state index in [1.165, 1.54) is 21.1 Å². The Labute approximate surface area is 71.8 Å². The SMILES string of the molecule is COC(CC(=O)CC(C)=O)OC. The number of carbonyl (C=O) groups excluding carboxylic acids is 2. The second-order valence-corrected chi connectivity index (χ2v) is 2.52. The molecule has 4 nitrogen and oxygen atoms in total. The van der Waals surface area contributed by atoms with Crippen LogP contribution in [-0.4, -0.2) is 32.1 Å². The lowest BCUT2D eigenvalue weighted by Gasteiger charge is -2.11. The van der Waals surface area contributed by atoms with Gasteiger partial charge in [-0.05, 0) is 6.92 Å². The Morgan fingerprint density at radius 2 is 1.75 bits per heavy atom. The largest absolute Gasteiger partial charge is 0.355 e. The predicted molar refractivity (Wildman–Crippen MR) is 42.7 cm³/mol. The molecule has 0 rings (SSSR count). The maximum atomic E-state index is 11.0. The molecule has 0 radical (unpaired) electrons. The molecule has 70 valence electrons. The monoisotopic (exact) mass is 174 g/mol. The molecule has 0 saturated carbocycles. The first-order valence-corrected chi connectivity index (χ1v) is 3.67. The average Bonchev–Trinajstić information content (AvgIpc) is 1.98. The van der Waals surface area contributed by atoms with Crippen LogP contribution in [0.2, 0.25) is 0 Å². The van der Waals surface area contributed by atoms with Gasteiger partial charge in [-0.2, -0.15) is 0 Å². The fraction of sp³-hybridized carbons (Fsp3) is 0.750. The van der Waals surface area contributed by atoms with E-state index in [1.54, 1.807) is 0 Å². The van der Waals surface area contributed by atoms with E-state index < -0.39 is 6.29 Å². The van der Waals surface area contributed by atoms with Crippen molar-refractivity contribution in [1.82, 2.24) is 0 Å². The van der Waals surface area contributed by atoms with Crippen LogP contribution in [0.3, 0.4) is 0 Å². The molecular weight excluding hydrogens is 160 g/mol. The minimum absolute atomic E-state index is 0.0385. The molecule has 0 fully saturated rings. The summed E-state index contributed by atoms with van der Waals surface area (Å²) >= 11 is 0. The maximum absolute atomic E-state index is 11.0. The van der Waals surface area contributed by atoms with Crippen LogP contribution in [0.4, 0.5) is 0 Å². The normalized spacial score (nSPS) is 10.3. The van der Waals surface area contributed by atoms with Gasteiger partial charge in [-0.3, -0.25) is 9.59 Å². The molecule has 0 atom stereocenters. The molecule has 0 unspecified atom stereocenters. The summed E-state index contributed by atoms with van der Waals surface area (Å²) in [4.78, 5) is 21.5. The summed E-state index contributed by atoms with van der Waals surface area (Å²) in [5.41, 5.74) is 0. The van der Waals surface area contributed by atoms with Gasteiger partial charge in [0.15, 0.2) is 6.29 Å². The fourth-order valence-corrected chi connectivity index (χ4v) is 0.799.